The lowest BCUT2D eigenvalue weighted by Gasteiger charge is -2.08. The van der Waals surface area contributed by atoms with E-state index in [0.29, 0.717) is 17.9 Å². The molecule has 0 spiro atoms. The number of aryl methyl sites for hydroxylation is 1. The van der Waals surface area contributed by atoms with Crippen LogP contribution in [0.1, 0.15) is 43.6 Å². The Morgan fingerprint density at radius 1 is 0.867 bits per heavy atom. The molecule has 3 aromatic rings. The first-order valence-corrected chi connectivity index (χ1v) is 10.3. The van der Waals surface area contributed by atoms with E-state index in [-0.39, 0.29) is 22.9 Å². The topological polar surface area (TPSA) is 63.7 Å². The summed E-state index contributed by atoms with van der Waals surface area (Å²) < 4.78 is 5.44. The monoisotopic (exact) mass is 417 g/mol. The van der Waals surface area contributed by atoms with Gasteiger partial charge >= 0.3 is 5.97 Å². The summed E-state index contributed by atoms with van der Waals surface area (Å²) in [6.45, 7) is 4.07. The summed E-state index contributed by atoms with van der Waals surface area (Å²) in [5.41, 5.74) is 1.99. The number of carbonyl (C=O) groups is 3. The molecule has 1 aliphatic heterocycles. The molecule has 0 saturated carbocycles. The van der Waals surface area contributed by atoms with Gasteiger partial charge in [0.05, 0.1) is 16.7 Å². The summed E-state index contributed by atoms with van der Waals surface area (Å²) in [5, 5.41) is 0. The van der Waals surface area contributed by atoms with Crippen LogP contribution in [0.25, 0.3) is 0 Å². The number of imide groups is 1. The smallest absolute Gasteiger partial charge is 0.343 e. The molecule has 0 radical (unpaired) electrons. The van der Waals surface area contributed by atoms with Gasteiger partial charge in [0.1, 0.15) is 5.75 Å². The van der Waals surface area contributed by atoms with E-state index in [4.69, 9.17) is 4.74 Å². The number of benzene rings is 3. The van der Waals surface area contributed by atoms with Crippen molar-refractivity contribution in [1.82, 2.24) is 4.90 Å². The summed E-state index contributed by atoms with van der Waals surface area (Å²) in [5.74, 6) is -0.887. The molecule has 0 bridgehead atoms. The molecule has 30 heavy (non-hydrogen) atoms. The fourth-order valence-electron chi connectivity index (χ4n) is 3.19. The molecule has 1 aliphatic rings. The molecule has 3 aromatic carbocycles. The molecule has 2 amide bonds. The second kappa shape index (κ2) is 8.16. The van der Waals surface area contributed by atoms with E-state index >= 15 is 0 Å². The van der Waals surface area contributed by atoms with Crippen LogP contribution in [-0.2, 0) is 0 Å². The second-order valence-corrected chi connectivity index (χ2v) is 8.04. The van der Waals surface area contributed by atoms with Crippen molar-refractivity contribution in [3.05, 3.63) is 89.0 Å². The zero-order valence-electron chi connectivity index (χ0n) is 16.5. The third-order valence-corrected chi connectivity index (χ3v) is 5.83. The Bertz CT molecular complexity index is 1140. The van der Waals surface area contributed by atoms with Crippen LogP contribution in [0.15, 0.2) is 76.5 Å². The highest BCUT2D eigenvalue weighted by molar-refractivity contribution is 7.99. The minimum atomic E-state index is -0.577. The number of esters is 1. The molecule has 5 nitrogen and oxygen atoms in total. The lowest BCUT2D eigenvalue weighted by atomic mass is 10.1. The van der Waals surface area contributed by atoms with Gasteiger partial charge in [-0.25, -0.2) is 4.79 Å². The Hall–Kier alpha value is -3.38. The average Bonchev–Trinajstić information content (AvgIpc) is 3.00. The zero-order valence-corrected chi connectivity index (χ0v) is 17.4. The quantitative estimate of drug-likeness (QED) is 0.333. The molecule has 150 valence electrons. The number of fused-ring (bicyclic) bond motifs is 1. The van der Waals surface area contributed by atoms with Crippen molar-refractivity contribution in [1.29, 1.82) is 0 Å². The van der Waals surface area contributed by atoms with E-state index in [2.05, 4.69) is 24.3 Å². The Labute approximate surface area is 178 Å². The van der Waals surface area contributed by atoms with E-state index < -0.39 is 5.97 Å². The number of nitrogens with zero attached hydrogens (tertiary/aromatic N) is 1. The predicted molar refractivity (Wildman–Crippen MR) is 114 cm³/mol. The van der Waals surface area contributed by atoms with Gasteiger partial charge in [0, 0.05) is 16.3 Å². The Balaban J connectivity index is 1.46. The lowest BCUT2D eigenvalue weighted by molar-refractivity contribution is 0.0662. The highest BCUT2D eigenvalue weighted by Gasteiger charge is 2.35. The number of hydrogen-bond acceptors (Lipinski definition) is 5. The summed E-state index contributed by atoms with van der Waals surface area (Å²) >= 11 is 1.62. The average molecular weight is 417 g/mol. The van der Waals surface area contributed by atoms with E-state index in [0.717, 1.165) is 14.7 Å². The molecule has 4 rings (SSSR count). The first kappa shape index (κ1) is 19.9. The maximum Gasteiger partial charge on any atom is 0.343 e. The maximum atomic E-state index is 12.5. The van der Waals surface area contributed by atoms with Crippen molar-refractivity contribution in [3.63, 3.8) is 0 Å². The molecule has 0 aliphatic carbocycles. The molecule has 0 fully saturated rings. The largest absolute Gasteiger partial charge is 0.423 e. The first-order chi connectivity index (χ1) is 14.5. The summed E-state index contributed by atoms with van der Waals surface area (Å²) in [7, 11) is 0. The van der Waals surface area contributed by atoms with Crippen LogP contribution in [0.5, 0.6) is 5.75 Å². The number of rotatable bonds is 5. The molecule has 0 unspecified atom stereocenters. The second-order valence-electron chi connectivity index (χ2n) is 6.89. The zero-order chi connectivity index (χ0) is 21.3. The molecule has 0 N–H and O–H groups in total. The van der Waals surface area contributed by atoms with Crippen LogP contribution >= 0.6 is 11.8 Å². The minimum Gasteiger partial charge on any atom is -0.423 e. The van der Waals surface area contributed by atoms with Crippen LogP contribution in [0, 0.1) is 6.92 Å². The van der Waals surface area contributed by atoms with Crippen molar-refractivity contribution >= 4 is 29.5 Å². The van der Waals surface area contributed by atoms with Gasteiger partial charge < -0.3 is 4.74 Å². The normalized spacial score (nSPS) is 12.8. The van der Waals surface area contributed by atoms with Gasteiger partial charge in [-0.1, -0.05) is 29.5 Å². The Kier molecular flexibility index (Phi) is 5.42. The first-order valence-electron chi connectivity index (χ1n) is 9.53. The molecule has 0 atom stereocenters. The fourth-order valence-corrected chi connectivity index (χ4v) is 4.01. The van der Waals surface area contributed by atoms with Gasteiger partial charge in [-0.15, -0.1) is 0 Å². The van der Waals surface area contributed by atoms with Crippen LogP contribution in [0.3, 0.4) is 0 Å². The van der Waals surface area contributed by atoms with Gasteiger partial charge in [-0.3, -0.25) is 14.5 Å². The molecule has 1 heterocycles. The van der Waals surface area contributed by atoms with E-state index in [1.54, 1.807) is 30.8 Å². The third kappa shape index (κ3) is 3.86. The van der Waals surface area contributed by atoms with Crippen molar-refractivity contribution in [2.45, 2.75) is 23.6 Å². The van der Waals surface area contributed by atoms with Crippen LogP contribution in [-0.4, -0.2) is 29.2 Å². The number of ether oxygens (including phenoxy) is 1. The van der Waals surface area contributed by atoms with E-state index in [1.165, 1.54) is 23.8 Å². The predicted octanol–water partition coefficient (Wildman–Crippen LogP) is 4.98. The Morgan fingerprint density at radius 3 is 2.10 bits per heavy atom. The number of carbonyl (C=O) groups excluding carboxylic acids is 3. The van der Waals surface area contributed by atoms with E-state index in [9.17, 15) is 14.4 Å². The molecular formula is C24H19NO4S. The number of amides is 2. The SMILES string of the molecule is CCN1C(=O)c2ccc(C(=O)Oc3ccc(Sc4ccc(C)cc4)cc3)cc2C1=O. The van der Waals surface area contributed by atoms with Crippen LogP contribution < -0.4 is 4.74 Å². The number of hydrogen-bond donors (Lipinski definition) is 0. The van der Waals surface area contributed by atoms with Gasteiger partial charge in [0.2, 0.25) is 0 Å². The molecular weight excluding hydrogens is 398 g/mol. The summed E-state index contributed by atoms with van der Waals surface area (Å²) in [6.07, 6.45) is 0. The van der Waals surface area contributed by atoms with Crippen molar-refractivity contribution in [2.24, 2.45) is 0 Å². The third-order valence-electron chi connectivity index (χ3n) is 4.81. The summed E-state index contributed by atoms with van der Waals surface area (Å²) in [4.78, 5) is 40.3. The highest BCUT2D eigenvalue weighted by atomic mass is 32.2. The molecule has 6 heteroatoms. The van der Waals surface area contributed by atoms with Gasteiger partial charge in [-0.05, 0) is 68.4 Å². The van der Waals surface area contributed by atoms with Gasteiger partial charge in [-0.2, -0.15) is 0 Å². The summed E-state index contributed by atoms with van der Waals surface area (Å²) in [6, 6.07) is 19.9. The Morgan fingerprint density at radius 2 is 1.47 bits per heavy atom. The minimum absolute atomic E-state index is 0.228. The van der Waals surface area contributed by atoms with Crippen molar-refractivity contribution in [2.75, 3.05) is 6.54 Å². The van der Waals surface area contributed by atoms with Crippen molar-refractivity contribution in [3.8, 4) is 5.75 Å². The standard InChI is InChI=1S/C24H19NO4S/c1-3-25-22(26)20-13-6-16(14-21(20)23(25)27)24(28)29-17-7-11-19(12-8-17)30-18-9-4-15(2)5-10-18/h4-14H,3H2,1-2H3. The highest BCUT2D eigenvalue weighted by Crippen LogP contribution is 2.29. The van der Waals surface area contributed by atoms with Crippen LogP contribution in [0.4, 0.5) is 0 Å². The molecule has 0 saturated heterocycles. The van der Waals surface area contributed by atoms with Crippen LogP contribution in [0.2, 0.25) is 0 Å². The fraction of sp³-hybridized carbons (Fsp3) is 0.125. The van der Waals surface area contributed by atoms with Crippen molar-refractivity contribution < 1.29 is 19.1 Å². The van der Waals surface area contributed by atoms with Gasteiger partial charge in [0.25, 0.3) is 11.8 Å². The molecule has 0 aromatic heterocycles. The van der Waals surface area contributed by atoms with E-state index in [1.807, 2.05) is 19.1 Å². The maximum absolute atomic E-state index is 12.5. The van der Waals surface area contributed by atoms with Gasteiger partial charge in [0.15, 0.2) is 0 Å². The lowest BCUT2D eigenvalue weighted by Crippen LogP contribution is -2.29.